The van der Waals surface area contributed by atoms with Crippen molar-refractivity contribution in [1.82, 2.24) is 0 Å². The average molecular weight is 224 g/mol. The van der Waals surface area contributed by atoms with E-state index in [1.54, 1.807) is 13.8 Å². The Morgan fingerprint density at radius 2 is 1.53 bits per heavy atom. The van der Waals surface area contributed by atoms with Crippen LogP contribution in [-0.2, 0) is 19.1 Å². The first-order chi connectivity index (χ1) is 6.45. The van der Waals surface area contributed by atoms with Crippen molar-refractivity contribution in [3.63, 3.8) is 0 Å². The van der Waals surface area contributed by atoms with E-state index in [0.29, 0.717) is 13.0 Å². The lowest BCUT2D eigenvalue weighted by Crippen LogP contribution is -1.95. The molecule has 6 heteroatoms. The monoisotopic (exact) mass is 224 g/mol. The summed E-state index contributed by atoms with van der Waals surface area (Å²) in [6.07, 6.45) is 0.667. The molecule has 0 aliphatic carbocycles. The highest BCUT2D eigenvalue weighted by molar-refractivity contribution is 5.74. The van der Waals surface area contributed by atoms with Crippen molar-refractivity contribution in [3.8, 4) is 0 Å². The van der Waals surface area contributed by atoms with Gasteiger partial charge in [-0.05, 0) is 13.8 Å². The quantitative estimate of drug-likeness (QED) is 0.540. The minimum Gasteiger partial charge on any atom is -0.483 e. The molecule has 0 amide bonds. The molecule has 0 aromatic carbocycles. The molecular weight excluding hydrogens is 204 g/mol. The molecule has 0 spiro atoms. The molecule has 15 heavy (non-hydrogen) atoms. The van der Waals surface area contributed by atoms with Crippen molar-refractivity contribution in [2.24, 2.45) is 0 Å². The number of rotatable bonds is 2. The molecule has 0 saturated heterocycles. The summed E-state index contributed by atoms with van der Waals surface area (Å²) < 4.78 is 4.40. The lowest BCUT2D eigenvalue weighted by atomic mass is 10.4. The second kappa shape index (κ2) is 22.9. The van der Waals surface area contributed by atoms with E-state index in [4.69, 9.17) is 9.90 Å². The lowest BCUT2D eigenvalue weighted by Gasteiger charge is -1.89. The van der Waals surface area contributed by atoms with Crippen LogP contribution in [0.25, 0.3) is 0 Å². The van der Waals surface area contributed by atoms with E-state index in [0.717, 1.165) is 0 Å². The van der Waals surface area contributed by atoms with Gasteiger partial charge >= 0.3 is 5.97 Å². The van der Waals surface area contributed by atoms with Gasteiger partial charge < -0.3 is 20.1 Å². The molecule has 0 radical (unpaired) electrons. The van der Waals surface area contributed by atoms with Crippen molar-refractivity contribution in [2.75, 3.05) is 6.61 Å². The Hall–Kier alpha value is -1.43. The van der Waals surface area contributed by atoms with Crippen LogP contribution in [0.15, 0.2) is 0 Å². The van der Waals surface area contributed by atoms with Crippen LogP contribution in [0.2, 0.25) is 0 Å². The molecule has 0 aliphatic rings. The lowest BCUT2D eigenvalue weighted by molar-refractivity contribution is -0.140. The van der Waals surface area contributed by atoms with Crippen LogP contribution in [0.4, 0.5) is 0 Å². The Bertz CT molecular complexity index is 155. The molecule has 0 saturated carbocycles. The summed E-state index contributed by atoms with van der Waals surface area (Å²) in [7, 11) is 0. The number of ketones is 1. The molecule has 0 heterocycles. The van der Waals surface area contributed by atoms with Crippen LogP contribution < -0.4 is 0 Å². The van der Waals surface area contributed by atoms with Gasteiger partial charge in [-0.25, -0.2) is 0 Å². The molecule has 0 bridgehead atoms. The molecular formula is C9H20O6. The second-order valence-electron chi connectivity index (χ2n) is 2.09. The number of Topliss-reactive ketones (excluding diaryl/α,β-unsaturated/α-hetero) is 1. The van der Waals surface area contributed by atoms with Gasteiger partial charge in [0.15, 0.2) is 0 Å². The summed E-state index contributed by atoms with van der Waals surface area (Å²) in [5.74, 6) is 0.0440. The van der Waals surface area contributed by atoms with E-state index in [-0.39, 0.29) is 23.7 Å². The number of hydrogen-bond acceptors (Lipinski definition) is 4. The third-order valence-corrected chi connectivity index (χ3v) is 0.845. The summed E-state index contributed by atoms with van der Waals surface area (Å²) in [4.78, 5) is 28.0. The molecule has 92 valence electrons. The number of hydrogen-bond donors (Lipinski definition) is 1. The second-order valence-corrected chi connectivity index (χ2v) is 2.09. The molecule has 0 aromatic heterocycles. The molecule has 0 atom stereocenters. The first-order valence-corrected chi connectivity index (χ1v) is 4.16. The number of carboxylic acid groups (broad SMARTS) is 1. The Kier molecular flexibility index (Phi) is 35.8. The summed E-state index contributed by atoms with van der Waals surface area (Å²) in [6, 6.07) is 0. The van der Waals surface area contributed by atoms with Gasteiger partial charge in [0, 0.05) is 13.3 Å². The summed E-state index contributed by atoms with van der Waals surface area (Å²) >= 11 is 0. The van der Waals surface area contributed by atoms with E-state index >= 15 is 0 Å². The summed E-state index contributed by atoms with van der Waals surface area (Å²) in [6.45, 7) is 6.84. The van der Waals surface area contributed by atoms with Crippen molar-refractivity contribution >= 4 is 18.2 Å². The molecule has 0 unspecified atom stereocenters. The summed E-state index contributed by atoms with van der Waals surface area (Å²) in [5, 5.41) is 6.89. The van der Waals surface area contributed by atoms with Gasteiger partial charge in [-0.2, -0.15) is 0 Å². The van der Waals surface area contributed by atoms with Crippen LogP contribution >= 0.6 is 0 Å². The Labute approximate surface area is 89.5 Å². The molecule has 3 N–H and O–H groups in total. The van der Waals surface area contributed by atoms with Gasteiger partial charge in [0.1, 0.15) is 5.78 Å². The molecule has 0 fully saturated rings. The summed E-state index contributed by atoms with van der Waals surface area (Å²) in [5.41, 5.74) is 0. The zero-order chi connectivity index (χ0) is 12.0. The van der Waals surface area contributed by atoms with Crippen molar-refractivity contribution < 1.29 is 29.7 Å². The van der Waals surface area contributed by atoms with Crippen molar-refractivity contribution in [3.05, 3.63) is 0 Å². The van der Waals surface area contributed by atoms with Gasteiger partial charge in [-0.1, -0.05) is 6.92 Å². The van der Waals surface area contributed by atoms with Crippen LogP contribution in [0.1, 0.15) is 34.1 Å². The maximum absolute atomic E-state index is 9.82. The van der Waals surface area contributed by atoms with Gasteiger partial charge in [0.05, 0.1) is 6.61 Å². The highest BCUT2D eigenvalue weighted by Gasteiger charge is 1.81. The number of ether oxygens (including phenoxy) is 1. The SMILES string of the molecule is CCC(C)=O.CCOC(C)=O.O.O=CO. The van der Waals surface area contributed by atoms with Crippen molar-refractivity contribution in [1.29, 1.82) is 0 Å². The average Bonchev–Trinajstić information content (AvgIpc) is 2.06. The van der Waals surface area contributed by atoms with Crippen LogP contribution in [-0.4, -0.2) is 35.4 Å². The van der Waals surface area contributed by atoms with Crippen molar-refractivity contribution in [2.45, 2.75) is 34.1 Å². The van der Waals surface area contributed by atoms with Gasteiger partial charge in [-0.3, -0.25) is 9.59 Å². The minimum atomic E-state index is -0.250. The smallest absolute Gasteiger partial charge is 0.302 e. The zero-order valence-electron chi connectivity index (χ0n) is 9.57. The Balaban J connectivity index is -0.0000000617. The number of carbonyl (C=O) groups excluding carboxylic acids is 2. The number of carbonyl (C=O) groups is 3. The highest BCUT2D eigenvalue weighted by Crippen LogP contribution is 1.71. The van der Waals surface area contributed by atoms with Crippen LogP contribution in [0.5, 0.6) is 0 Å². The highest BCUT2D eigenvalue weighted by atomic mass is 16.5. The fourth-order valence-electron chi connectivity index (χ4n) is 0.203. The topological polar surface area (TPSA) is 112 Å². The van der Waals surface area contributed by atoms with Gasteiger partial charge in [-0.15, -0.1) is 0 Å². The normalized spacial score (nSPS) is 6.40. The minimum absolute atomic E-state index is 0. The van der Waals surface area contributed by atoms with Gasteiger partial charge in [0.25, 0.3) is 6.47 Å². The van der Waals surface area contributed by atoms with Crippen LogP contribution in [0, 0.1) is 0 Å². The predicted molar refractivity (Wildman–Crippen MR) is 55.6 cm³/mol. The van der Waals surface area contributed by atoms with E-state index in [2.05, 4.69) is 4.74 Å². The molecule has 0 aliphatic heterocycles. The predicted octanol–water partition coefficient (Wildman–Crippen LogP) is 0.431. The van der Waals surface area contributed by atoms with Gasteiger partial charge in [0.2, 0.25) is 0 Å². The Morgan fingerprint density at radius 3 is 1.53 bits per heavy atom. The maximum Gasteiger partial charge on any atom is 0.302 e. The number of esters is 1. The fraction of sp³-hybridized carbons (Fsp3) is 0.667. The first-order valence-electron chi connectivity index (χ1n) is 4.16. The van der Waals surface area contributed by atoms with E-state index in [1.807, 2.05) is 6.92 Å². The fourth-order valence-corrected chi connectivity index (χ4v) is 0.203. The van der Waals surface area contributed by atoms with E-state index in [9.17, 15) is 9.59 Å². The third kappa shape index (κ3) is 110. The molecule has 6 nitrogen and oxygen atoms in total. The maximum atomic E-state index is 9.82. The third-order valence-electron chi connectivity index (χ3n) is 0.845. The molecule has 0 aromatic rings. The standard InChI is InChI=1S/C4H8O2.C4H8O.CH2O2.H2O/c1-3-6-4(2)5;1-3-4(2)5;2-1-3;/h3H2,1-2H3;3H2,1-2H3;1H,(H,2,3);1H2. The van der Waals surface area contributed by atoms with E-state index < -0.39 is 0 Å². The zero-order valence-corrected chi connectivity index (χ0v) is 9.57. The first kappa shape index (κ1) is 23.4. The Morgan fingerprint density at radius 1 is 1.27 bits per heavy atom. The van der Waals surface area contributed by atoms with Crippen LogP contribution in [0.3, 0.4) is 0 Å². The molecule has 0 rings (SSSR count). The largest absolute Gasteiger partial charge is 0.483 e. The van der Waals surface area contributed by atoms with E-state index in [1.165, 1.54) is 6.92 Å².